The molecule has 20 heavy (non-hydrogen) atoms. The molecule has 0 saturated carbocycles. The minimum Gasteiger partial charge on any atom is -0.441 e. The molecule has 0 aliphatic rings. The summed E-state index contributed by atoms with van der Waals surface area (Å²) in [6.07, 6.45) is 3.76. The Morgan fingerprint density at radius 1 is 1.25 bits per heavy atom. The highest BCUT2D eigenvalue weighted by atomic mass is 32.1. The van der Waals surface area contributed by atoms with Crippen molar-refractivity contribution >= 4 is 28.1 Å². The minimum atomic E-state index is 0.784. The molecule has 0 bridgehead atoms. The maximum absolute atomic E-state index is 5.61. The number of thiazole rings is 1. The zero-order valence-electron chi connectivity index (χ0n) is 11.6. The first-order valence-corrected chi connectivity index (χ1v) is 7.67. The fourth-order valence-electron chi connectivity index (χ4n) is 2.02. The van der Waals surface area contributed by atoms with Crippen LogP contribution in [0.2, 0.25) is 0 Å². The van der Waals surface area contributed by atoms with Crippen molar-refractivity contribution in [2.75, 3.05) is 5.32 Å². The summed E-state index contributed by atoms with van der Waals surface area (Å²) in [5.74, 6) is 0.784. The molecule has 0 radical (unpaired) electrons. The second-order valence-electron chi connectivity index (χ2n) is 4.57. The lowest BCUT2D eigenvalue weighted by Gasteiger charge is -2.03. The molecule has 104 valence electrons. The molecule has 1 aromatic carbocycles. The largest absolute Gasteiger partial charge is 0.441 e. The third-order valence-corrected chi connectivity index (χ3v) is 4.25. The number of aromatic nitrogens is 2. The van der Waals surface area contributed by atoms with Crippen LogP contribution >= 0.6 is 11.3 Å². The Balaban J connectivity index is 1.73. The van der Waals surface area contributed by atoms with Crippen molar-refractivity contribution in [1.82, 2.24) is 9.97 Å². The second-order valence-corrected chi connectivity index (χ2v) is 5.77. The van der Waals surface area contributed by atoms with E-state index in [0.717, 1.165) is 42.1 Å². The van der Waals surface area contributed by atoms with Gasteiger partial charge in [0.1, 0.15) is 5.52 Å². The van der Waals surface area contributed by atoms with Crippen molar-refractivity contribution in [3.63, 3.8) is 0 Å². The van der Waals surface area contributed by atoms with Gasteiger partial charge < -0.3 is 9.73 Å². The Morgan fingerprint density at radius 2 is 2.15 bits per heavy atom. The highest BCUT2D eigenvalue weighted by Crippen LogP contribution is 2.21. The molecule has 0 aliphatic carbocycles. The SMILES string of the molecule is CCc1nc2cc(NCc3cnc(CC)s3)ccc2o1. The van der Waals surface area contributed by atoms with Gasteiger partial charge in [0.25, 0.3) is 0 Å². The van der Waals surface area contributed by atoms with Gasteiger partial charge in [-0.3, -0.25) is 0 Å². The number of anilines is 1. The van der Waals surface area contributed by atoms with E-state index in [4.69, 9.17) is 4.42 Å². The highest BCUT2D eigenvalue weighted by molar-refractivity contribution is 7.11. The summed E-state index contributed by atoms with van der Waals surface area (Å²) < 4.78 is 5.61. The van der Waals surface area contributed by atoms with Gasteiger partial charge in [-0.1, -0.05) is 13.8 Å². The van der Waals surface area contributed by atoms with Crippen LogP contribution in [0.25, 0.3) is 11.1 Å². The molecular weight excluding hydrogens is 270 g/mol. The predicted molar refractivity (Wildman–Crippen MR) is 82.2 cm³/mol. The minimum absolute atomic E-state index is 0.784. The zero-order valence-corrected chi connectivity index (χ0v) is 12.5. The quantitative estimate of drug-likeness (QED) is 0.770. The number of rotatable bonds is 5. The maximum atomic E-state index is 5.61. The molecular formula is C15H17N3OS. The summed E-state index contributed by atoms with van der Waals surface area (Å²) in [5.41, 5.74) is 2.81. The summed E-state index contributed by atoms with van der Waals surface area (Å²) in [6.45, 7) is 4.96. The molecule has 3 rings (SSSR count). The molecule has 0 amide bonds. The molecule has 1 N–H and O–H groups in total. The van der Waals surface area contributed by atoms with E-state index in [2.05, 4.69) is 22.2 Å². The number of oxazole rings is 1. The Kier molecular flexibility index (Phi) is 3.69. The first-order chi connectivity index (χ1) is 9.78. The third kappa shape index (κ3) is 2.67. The van der Waals surface area contributed by atoms with Crippen molar-refractivity contribution in [2.45, 2.75) is 33.2 Å². The summed E-state index contributed by atoms with van der Waals surface area (Å²) in [5, 5.41) is 4.59. The summed E-state index contributed by atoms with van der Waals surface area (Å²) in [7, 11) is 0. The topological polar surface area (TPSA) is 51.0 Å². The van der Waals surface area contributed by atoms with Crippen LogP contribution in [0.3, 0.4) is 0 Å². The van der Waals surface area contributed by atoms with E-state index in [0.29, 0.717) is 0 Å². The lowest BCUT2D eigenvalue weighted by Crippen LogP contribution is -1.96. The highest BCUT2D eigenvalue weighted by Gasteiger charge is 2.05. The van der Waals surface area contributed by atoms with Gasteiger partial charge in [0, 0.05) is 23.2 Å². The molecule has 0 atom stereocenters. The van der Waals surface area contributed by atoms with Crippen molar-refractivity contribution < 1.29 is 4.42 Å². The average molecular weight is 287 g/mol. The first kappa shape index (κ1) is 13.1. The van der Waals surface area contributed by atoms with E-state index in [1.54, 1.807) is 11.3 Å². The lowest BCUT2D eigenvalue weighted by molar-refractivity contribution is 0.538. The molecule has 2 aromatic heterocycles. The molecule has 2 heterocycles. The Labute approximate surface area is 121 Å². The van der Waals surface area contributed by atoms with E-state index in [-0.39, 0.29) is 0 Å². The van der Waals surface area contributed by atoms with Gasteiger partial charge in [-0.15, -0.1) is 11.3 Å². The van der Waals surface area contributed by atoms with E-state index < -0.39 is 0 Å². The van der Waals surface area contributed by atoms with Gasteiger partial charge in [-0.05, 0) is 24.6 Å². The molecule has 0 aliphatic heterocycles. The van der Waals surface area contributed by atoms with Gasteiger partial charge in [0.05, 0.1) is 11.6 Å². The molecule has 5 heteroatoms. The number of nitrogens with zero attached hydrogens (tertiary/aromatic N) is 2. The van der Waals surface area contributed by atoms with E-state index in [9.17, 15) is 0 Å². The van der Waals surface area contributed by atoms with Crippen molar-refractivity contribution in [3.05, 3.63) is 40.2 Å². The smallest absolute Gasteiger partial charge is 0.195 e. The second kappa shape index (κ2) is 5.63. The Hall–Kier alpha value is -1.88. The number of hydrogen-bond acceptors (Lipinski definition) is 5. The number of aryl methyl sites for hydroxylation is 2. The fourth-order valence-corrected chi connectivity index (χ4v) is 2.82. The van der Waals surface area contributed by atoms with Crippen molar-refractivity contribution in [3.8, 4) is 0 Å². The molecule has 4 nitrogen and oxygen atoms in total. The van der Waals surface area contributed by atoms with Crippen LogP contribution in [-0.4, -0.2) is 9.97 Å². The standard InChI is InChI=1S/C15H17N3OS/c1-3-14-18-12-7-10(5-6-13(12)19-14)16-8-11-9-17-15(4-2)20-11/h5-7,9,16H,3-4,8H2,1-2H3. The third-order valence-electron chi connectivity index (χ3n) is 3.10. The average Bonchev–Trinajstić information content (AvgIpc) is 3.10. The number of fused-ring (bicyclic) bond motifs is 1. The monoisotopic (exact) mass is 287 g/mol. The Bertz CT molecular complexity index is 717. The predicted octanol–water partition coefficient (Wildman–Crippen LogP) is 4.02. The van der Waals surface area contributed by atoms with Crippen LogP contribution in [-0.2, 0) is 19.4 Å². The summed E-state index contributed by atoms with van der Waals surface area (Å²) in [4.78, 5) is 10.1. The molecule has 0 saturated heterocycles. The van der Waals surface area contributed by atoms with Crippen LogP contribution in [0, 0.1) is 0 Å². The van der Waals surface area contributed by atoms with E-state index in [1.165, 1.54) is 9.88 Å². The fraction of sp³-hybridized carbons (Fsp3) is 0.333. The van der Waals surface area contributed by atoms with Gasteiger partial charge in [0.15, 0.2) is 11.5 Å². The molecule has 3 aromatic rings. The molecule has 0 fully saturated rings. The summed E-state index contributed by atoms with van der Waals surface area (Å²) >= 11 is 1.76. The molecule has 0 spiro atoms. The van der Waals surface area contributed by atoms with E-state index in [1.807, 2.05) is 31.3 Å². The van der Waals surface area contributed by atoms with Gasteiger partial charge in [-0.25, -0.2) is 9.97 Å². The number of hydrogen-bond donors (Lipinski definition) is 1. The number of benzene rings is 1. The van der Waals surface area contributed by atoms with Gasteiger partial charge in [0.2, 0.25) is 0 Å². The lowest BCUT2D eigenvalue weighted by atomic mass is 10.3. The first-order valence-electron chi connectivity index (χ1n) is 6.85. The van der Waals surface area contributed by atoms with Crippen LogP contribution in [0.1, 0.15) is 29.6 Å². The maximum Gasteiger partial charge on any atom is 0.195 e. The van der Waals surface area contributed by atoms with Crippen LogP contribution < -0.4 is 5.32 Å². The van der Waals surface area contributed by atoms with E-state index >= 15 is 0 Å². The van der Waals surface area contributed by atoms with Gasteiger partial charge in [-0.2, -0.15) is 0 Å². The Morgan fingerprint density at radius 3 is 2.90 bits per heavy atom. The normalized spacial score (nSPS) is 11.1. The van der Waals surface area contributed by atoms with Crippen LogP contribution in [0.5, 0.6) is 0 Å². The zero-order chi connectivity index (χ0) is 13.9. The van der Waals surface area contributed by atoms with Crippen LogP contribution in [0.15, 0.2) is 28.8 Å². The van der Waals surface area contributed by atoms with Gasteiger partial charge >= 0.3 is 0 Å². The molecule has 0 unspecified atom stereocenters. The number of nitrogens with one attached hydrogen (secondary N) is 1. The summed E-state index contributed by atoms with van der Waals surface area (Å²) in [6, 6.07) is 6.02. The van der Waals surface area contributed by atoms with Crippen molar-refractivity contribution in [2.24, 2.45) is 0 Å². The van der Waals surface area contributed by atoms with Crippen molar-refractivity contribution in [1.29, 1.82) is 0 Å². The van der Waals surface area contributed by atoms with Crippen LogP contribution in [0.4, 0.5) is 5.69 Å².